The largest absolute Gasteiger partial charge is 0.378 e. The molecule has 0 bridgehead atoms. The van der Waals surface area contributed by atoms with Gasteiger partial charge in [-0.3, -0.25) is 9.36 Å². The van der Waals surface area contributed by atoms with Crippen LogP contribution in [0.25, 0.3) is 5.69 Å². The maximum absolute atomic E-state index is 12.7. The van der Waals surface area contributed by atoms with Crippen LogP contribution < -0.4 is 10.2 Å². The lowest BCUT2D eigenvalue weighted by Gasteiger charge is -2.27. The molecule has 1 N–H and O–H groups in total. The number of nitriles is 1. The van der Waals surface area contributed by atoms with Crippen molar-refractivity contribution >= 4 is 40.0 Å². The Morgan fingerprint density at radius 3 is 2.76 bits per heavy atom. The van der Waals surface area contributed by atoms with Crippen LogP contribution in [0.1, 0.15) is 35.3 Å². The first-order chi connectivity index (χ1) is 16.7. The average Bonchev–Trinajstić information content (AvgIpc) is 3.46. The van der Waals surface area contributed by atoms with Gasteiger partial charge >= 0.3 is 0 Å². The summed E-state index contributed by atoms with van der Waals surface area (Å²) in [4.78, 5) is 16.1. The lowest BCUT2D eigenvalue weighted by atomic mass is 9.96. The fourth-order valence-corrected chi connectivity index (χ4v) is 6.46. The highest BCUT2D eigenvalue weighted by Crippen LogP contribution is 2.37. The van der Waals surface area contributed by atoms with Crippen molar-refractivity contribution in [3.63, 3.8) is 0 Å². The maximum atomic E-state index is 12.7. The number of amides is 1. The number of para-hydroxylation sites is 1. The minimum Gasteiger partial charge on any atom is -0.378 e. The Bertz CT molecular complexity index is 1190. The van der Waals surface area contributed by atoms with Gasteiger partial charge in [0.05, 0.1) is 24.5 Å². The topological polar surface area (TPSA) is 96.1 Å². The standard InChI is InChI=1S/C24H26N6O2S2/c25-16-19-18-8-4-5-9-20(18)34-22(19)26-21(31)10-15-33-24-28-27-23(29-11-13-32-14-12-29)30(24)17-6-2-1-3-7-17/h1-3,6-7H,4-5,8-15H2,(H,26,31). The third-order valence-corrected chi connectivity index (χ3v) is 8.16. The quantitative estimate of drug-likeness (QED) is 0.495. The van der Waals surface area contributed by atoms with Crippen molar-refractivity contribution in [3.8, 4) is 11.8 Å². The van der Waals surface area contributed by atoms with E-state index in [1.807, 2.05) is 30.3 Å². The van der Waals surface area contributed by atoms with Crippen LogP contribution >= 0.6 is 23.1 Å². The number of benzene rings is 1. The van der Waals surface area contributed by atoms with Crippen LogP contribution in [0.2, 0.25) is 0 Å². The first-order valence-corrected chi connectivity index (χ1v) is 13.4. The minimum atomic E-state index is -0.0817. The second kappa shape index (κ2) is 10.6. The van der Waals surface area contributed by atoms with Gasteiger partial charge in [0.25, 0.3) is 0 Å². The summed E-state index contributed by atoms with van der Waals surface area (Å²) in [6.45, 7) is 2.87. The third kappa shape index (κ3) is 4.82. The molecule has 10 heteroatoms. The molecule has 176 valence electrons. The number of fused-ring (bicyclic) bond motifs is 1. The van der Waals surface area contributed by atoms with Crippen LogP contribution in [-0.2, 0) is 22.4 Å². The molecular formula is C24H26N6O2S2. The second-order valence-electron chi connectivity index (χ2n) is 8.23. The molecule has 1 aliphatic heterocycles. The lowest BCUT2D eigenvalue weighted by molar-refractivity contribution is -0.115. The predicted octanol–water partition coefficient (Wildman–Crippen LogP) is 4.04. The van der Waals surface area contributed by atoms with Gasteiger partial charge in [-0.2, -0.15) is 5.26 Å². The van der Waals surface area contributed by atoms with E-state index in [2.05, 4.69) is 31.1 Å². The number of morpholine rings is 1. The fourth-order valence-electron chi connectivity index (χ4n) is 4.32. The van der Waals surface area contributed by atoms with Crippen LogP contribution in [0.3, 0.4) is 0 Å². The Morgan fingerprint density at radius 2 is 1.97 bits per heavy atom. The summed E-state index contributed by atoms with van der Waals surface area (Å²) < 4.78 is 7.54. The number of carbonyl (C=O) groups is 1. The minimum absolute atomic E-state index is 0.0817. The molecule has 0 spiro atoms. The van der Waals surface area contributed by atoms with Crippen LogP contribution in [0, 0.1) is 11.3 Å². The number of nitrogens with zero attached hydrogens (tertiary/aromatic N) is 5. The van der Waals surface area contributed by atoms with E-state index in [-0.39, 0.29) is 5.91 Å². The number of thiophene rings is 1. The van der Waals surface area contributed by atoms with Gasteiger partial charge in [0.15, 0.2) is 5.16 Å². The molecule has 2 aromatic heterocycles. The third-order valence-electron chi connectivity index (χ3n) is 6.02. The maximum Gasteiger partial charge on any atom is 0.232 e. The highest BCUT2D eigenvalue weighted by Gasteiger charge is 2.23. The summed E-state index contributed by atoms with van der Waals surface area (Å²) in [6.07, 6.45) is 4.52. The van der Waals surface area contributed by atoms with E-state index < -0.39 is 0 Å². The lowest BCUT2D eigenvalue weighted by Crippen LogP contribution is -2.37. The molecule has 1 fully saturated rings. The second-order valence-corrected chi connectivity index (χ2v) is 10.4. The van der Waals surface area contributed by atoms with E-state index >= 15 is 0 Å². The van der Waals surface area contributed by atoms with E-state index in [0.717, 1.165) is 61.1 Å². The van der Waals surface area contributed by atoms with Gasteiger partial charge in [-0.25, -0.2) is 0 Å². The van der Waals surface area contributed by atoms with Gasteiger partial charge in [0.1, 0.15) is 11.1 Å². The molecule has 1 aromatic carbocycles. The van der Waals surface area contributed by atoms with Crippen molar-refractivity contribution in [3.05, 3.63) is 46.3 Å². The van der Waals surface area contributed by atoms with Gasteiger partial charge in [-0.05, 0) is 43.4 Å². The number of aryl methyl sites for hydroxylation is 1. The number of nitrogens with one attached hydrogen (secondary N) is 1. The Labute approximate surface area is 206 Å². The smallest absolute Gasteiger partial charge is 0.232 e. The number of anilines is 2. The van der Waals surface area contributed by atoms with E-state index in [1.54, 1.807) is 11.3 Å². The van der Waals surface area contributed by atoms with Gasteiger partial charge in [-0.1, -0.05) is 30.0 Å². The summed E-state index contributed by atoms with van der Waals surface area (Å²) in [5.74, 6) is 1.28. The number of rotatable bonds is 7. The van der Waals surface area contributed by atoms with Gasteiger partial charge in [0, 0.05) is 30.1 Å². The Hall–Kier alpha value is -2.87. The Morgan fingerprint density at radius 1 is 1.18 bits per heavy atom. The molecule has 0 saturated carbocycles. The highest BCUT2D eigenvalue weighted by atomic mass is 32.2. The molecule has 3 heterocycles. The summed E-state index contributed by atoms with van der Waals surface area (Å²) in [5.41, 5.74) is 2.78. The molecule has 3 aromatic rings. The van der Waals surface area contributed by atoms with Crippen molar-refractivity contribution in [2.75, 3.05) is 42.3 Å². The van der Waals surface area contributed by atoms with E-state index in [1.165, 1.54) is 16.6 Å². The predicted molar refractivity (Wildman–Crippen MR) is 134 cm³/mol. The van der Waals surface area contributed by atoms with Gasteiger partial charge < -0.3 is 15.0 Å². The molecule has 8 nitrogen and oxygen atoms in total. The van der Waals surface area contributed by atoms with Crippen LogP contribution in [0.5, 0.6) is 0 Å². The highest BCUT2D eigenvalue weighted by molar-refractivity contribution is 7.99. The van der Waals surface area contributed by atoms with Crippen LogP contribution in [-0.4, -0.2) is 52.7 Å². The van der Waals surface area contributed by atoms with Crippen molar-refractivity contribution in [2.45, 2.75) is 37.3 Å². The monoisotopic (exact) mass is 494 g/mol. The molecule has 0 atom stereocenters. The normalized spacial score (nSPS) is 15.6. The first-order valence-electron chi connectivity index (χ1n) is 11.6. The summed E-state index contributed by atoms with van der Waals surface area (Å²) >= 11 is 3.07. The summed E-state index contributed by atoms with van der Waals surface area (Å²) in [6, 6.07) is 12.3. The number of hydrogen-bond acceptors (Lipinski definition) is 8. The SMILES string of the molecule is N#Cc1c(NC(=O)CCSc2nnc(N3CCOCC3)n2-c2ccccc2)sc2c1CCCC2. The van der Waals surface area contributed by atoms with Crippen molar-refractivity contribution < 1.29 is 9.53 Å². The number of hydrogen-bond donors (Lipinski definition) is 1. The van der Waals surface area contributed by atoms with E-state index in [0.29, 0.717) is 36.0 Å². The van der Waals surface area contributed by atoms with E-state index in [4.69, 9.17) is 4.74 Å². The number of thioether (sulfide) groups is 1. The van der Waals surface area contributed by atoms with Crippen molar-refractivity contribution in [1.82, 2.24) is 14.8 Å². The molecule has 1 aliphatic carbocycles. The Kier molecular flexibility index (Phi) is 7.13. The Balaban J connectivity index is 1.27. The molecule has 1 saturated heterocycles. The summed E-state index contributed by atoms with van der Waals surface area (Å²) in [7, 11) is 0. The zero-order valence-corrected chi connectivity index (χ0v) is 20.5. The molecule has 1 amide bonds. The van der Waals surface area contributed by atoms with E-state index in [9.17, 15) is 10.1 Å². The molecule has 0 radical (unpaired) electrons. The fraction of sp³-hybridized carbons (Fsp3) is 0.417. The van der Waals surface area contributed by atoms with Gasteiger partial charge in [0.2, 0.25) is 11.9 Å². The molecule has 2 aliphatic rings. The first kappa shape index (κ1) is 22.9. The van der Waals surface area contributed by atoms with Crippen LogP contribution in [0.4, 0.5) is 10.9 Å². The number of aromatic nitrogens is 3. The molecule has 5 rings (SSSR count). The zero-order valence-electron chi connectivity index (χ0n) is 18.8. The van der Waals surface area contributed by atoms with Crippen molar-refractivity contribution in [2.24, 2.45) is 0 Å². The number of ether oxygens (including phenoxy) is 1. The molecule has 34 heavy (non-hydrogen) atoms. The van der Waals surface area contributed by atoms with Crippen molar-refractivity contribution in [1.29, 1.82) is 5.26 Å². The van der Waals surface area contributed by atoms with Gasteiger partial charge in [-0.15, -0.1) is 21.5 Å². The average molecular weight is 495 g/mol. The summed E-state index contributed by atoms with van der Waals surface area (Å²) in [5, 5.41) is 23.0. The zero-order chi connectivity index (χ0) is 23.3. The molecular weight excluding hydrogens is 468 g/mol. The molecule has 0 unspecified atom stereocenters. The number of carbonyl (C=O) groups excluding carboxylic acids is 1. The van der Waals surface area contributed by atoms with Crippen LogP contribution in [0.15, 0.2) is 35.5 Å².